The van der Waals surface area contributed by atoms with Crippen molar-refractivity contribution in [3.05, 3.63) is 50.2 Å². The normalized spacial score (nSPS) is 12.3. The average molecular weight is 369 g/mol. The number of carboxylic acids is 1. The van der Waals surface area contributed by atoms with E-state index in [1.807, 2.05) is 0 Å². The van der Waals surface area contributed by atoms with Crippen LogP contribution in [0.1, 0.15) is 20.3 Å². The van der Waals surface area contributed by atoms with Crippen LogP contribution in [-0.2, 0) is 9.59 Å². The maximum Gasteiger partial charge on any atom is 0.307 e. The van der Waals surface area contributed by atoms with E-state index in [0.717, 1.165) is 23.9 Å². The van der Waals surface area contributed by atoms with Crippen molar-refractivity contribution in [3.63, 3.8) is 0 Å². The molecule has 1 rings (SSSR count). The molecule has 25 heavy (non-hydrogen) atoms. The van der Waals surface area contributed by atoms with E-state index in [1.165, 1.54) is 19.1 Å². The van der Waals surface area contributed by atoms with Crippen LogP contribution in [0.3, 0.4) is 0 Å². The number of carbonyl (C=O) groups is 2. The van der Waals surface area contributed by atoms with Crippen molar-refractivity contribution >= 4 is 35.0 Å². The number of thioether (sulfide) groups is 1. The lowest BCUT2D eigenvalue weighted by Crippen LogP contribution is -2.25. The van der Waals surface area contributed by atoms with E-state index in [2.05, 4.69) is 5.32 Å². The second kappa shape index (κ2) is 8.78. The van der Waals surface area contributed by atoms with Crippen LogP contribution in [0.5, 0.6) is 0 Å². The molecule has 0 aliphatic rings. The highest BCUT2D eigenvalue weighted by Gasteiger charge is 2.23. The minimum absolute atomic E-state index is 0.162. The van der Waals surface area contributed by atoms with Crippen molar-refractivity contribution in [2.45, 2.75) is 30.4 Å². The Labute approximate surface area is 146 Å². The molecule has 1 atom stereocenters. The lowest BCUT2D eigenvalue weighted by atomic mass is 10.2. The Hall–Kier alpha value is -2.95. The summed E-state index contributed by atoms with van der Waals surface area (Å²) in [6, 6.07) is 3.25. The van der Waals surface area contributed by atoms with E-state index in [0.29, 0.717) is 0 Å². The van der Waals surface area contributed by atoms with Crippen LogP contribution in [0, 0.1) is 20.2 Å². The molecule has 1 unspecified atom stereocenters. The van der Waals surface area contributed by atoms with Gasteiger partial charge in [-0.25, -0.2) is 0 Å². The molecule has 0 radical (unpaired) electrons. The number of nitro groups is 2. The van der Waals surface area contributed by atoms with E-state index in [9.17, 15) is 29.8 Å². The molecule has 0 fully saturated rings. The van der Waals surface area contributed by atoms with Crippen LogP contribution in [0.15, 0.2) is 34.9 Å². The van der Waals surface area contributed by atoms with Gasteiger partial charge in [0.2, 0.25) is 5.91 Å². The highest BCUT2D eigenvalue weighted by molar-refractivity contribution is 8.00. The molecule has 0 heterocycles. The lowest BCUT2D eigenvalue weighted by Gasteiger charge is -2.16. The molecule has 0 aliphatic carbocycles. The van der Waals surface area contributed by atoms with Crippen LogP contribution in [-0.4, -0.2) is 32.1 Å². The second-order valence-electron chi connectivity index (χ2n) is 4.86. The molecule has 134 valence electrons. The summed E-state index contributed by atoms with van der Waals surface area (Å²) in [5.41, 5.74) is -0.564. The van der Waals surface area contributed by atoms with Crippen LogP contribution in [0.2, 0.25) is 0 Å². The Morgan fingerprint density at radius 1 is 1.32 bits per heavy atom. The molecular weight excluding hydrogens is 354 g/mol. The Bertz CT molecular complexity index is 748. The predicted molar refractivity (Wildman–Crippen MR) is 89.2 cm³/mol. The van der Waals surface area contributed by atoms with Crippen molar-refractivity contribution in [3.8, 4) is 0 Å². The number of non-ortho nitro benzene ring substituents is 1. The second-order valence-corrected chi connectivity index (χ2v) is 6.25. The summed E-state index contributed by atoms with van der Waals surface area (Å²) in [5.74, 6) is -1.51. The first-order valence-corrected chi connectivity index (χ1v) is 7.78. The van der Waals surface area contributed by atoms with Crippen LogP contribution in [0.4, 0.5) is 11.4 Å². The zero-order chi connectivity index (χ0) is 19.1. The molecular formula is C14H15N3O7S. The van der Waals surface area contributed by atoms with Crippen LogP contribution >= 0.6 is 11.8 Å². The number of carbonyl (C=O) groups excluding carboxylic acids is 1. The largest absolute Gasteiger partial charge is 0.481 e. The van der Waals surface area contributed by atoms with E-state index < -0.39 is 38.3 Å². The predicted octanol–water partition coefficient (Wildman–Crippen LogP) is 2.48. The summed E-state index contributed by atoms with van der Waals surface area (Å²) < 4.78 is 0. The van der Waals surface area contributed by atoms with Crippen molar-refractivity contribution < 1.29 is 24.5 Å². The Morgan fingerprint density at radius 2 is 1.96 bits per heavy atom. The first kappa shape index (κ1) is 20.1. The molecule has 11 heteroatoms. The number of amides is 1. The summed E-state index contributed by atoms with van der Waals surface area (Å²) >= 11 is 0.980. The summed E-state index contributed by atoms with van der Waals surface area (Å²) in [6.07, 6.45) is 0.974. The van der Waals surface area contributed by atoms with Gasteiger partial charge < -0.3 is 10.4 Å². The average Bonchev–Trinajstić information content (AvgIpc) is 2.50. The maximum absolute atomic E-state index is 11.3. The van der Waals surface area contributed by atoms with E-state index >= 15 is 0 Å². The highest BCUT2D eigenvalue weighted by atomic mass is 32.2. The Balaban J connectivity index is 3.14. The van der Waals surface area contributed by atoms with Crippen LogP contribution in [0.25, 0.3) is 0 Å². The SMILES string of the molecule is CC(=O)NC(=CCC(=O)O)C(C)Sc1ccc([N+](=O)[O-])cc1[N+](=O)[O-]. The summed E-state index contributed by atoms with van der Waals surface area (Å²) in [6.45, 7) is 2.87. The molecule has 1 aromatic rings. The highest BCUT2D eigenvalue weighted by Crippen LogP contribution is 2.36. The Kier molecular flexibility index (Phi) is 7.06. The van der Waals surface area contributed by atoms with E-state index in [4.69, 9.17) is 5.11 Å². The van der Waals surface area contributed by atoms with Gasteiger partial charge in [0.25, 0.3) is 11.4 Å². The van der Waals surface area contributed by atoms with Crippen molar-refractivity contribution in [1.29, 1.82) is 0 Å². The smallest absolute Gasteiger partial charge is 0.307 e. The minimum Gasteiger partial charge on any atom is -0.481 e. The van der Waals surface area contributed by atoms with Gasteiger partial charge in [-0.3, -0.25) is 29.8 Å². The third-order valence-corrected chi connectivity index (χ3v) is 4.12. The van der Waals surface area contributed by atoms with Gasteiger partial charge in [0, 0.05) is 23.9 Å². The topological polar surface area (TPSA) is 153 Å². The molecule has 0 saturated carbocycles. The zero-order valence-corrected chi connectivity index (χ0v) is 14.1. The number of benzene rings is 1. The number of carboxylic acid groups (broad SMARTS) is 1. The molecule has 2 N–H and O–H groups in total. The van der Waals surface area contributed by atoms with Gasteiger partial charge in [-0.15, -0.1) is 11.8 Å². The monoisotopic (exact) mass is 369 g/mol. The number of nitro benzene ring substituents is 2. The molecule has 0 spiro atoms. The van der Waals surface area contributed by atoms with Gasteiger partial charge in [-0.2, -0.15) is 0 Å². The first-order valence-electron chi connectivity index (χ1n) is 6.90. The van der Waals surface area contributed by atoms with Crippen molar-refractivity contribution in [2.75, 3.05) is 0 Å². The molecule has 1 amide bonds. The fraction of sp³-hybridized carbons (Fsp3) is 0.286. The summed E-state index contributed by atoms with van der Waals surface area (Å²) in [5, 5.41) is 32.6. The fourth-order valence-corrected chi connectivity index (χ4v) is 2.90. The number of nitrogens with zero attached hydrogens (tertiary/aromatic N) is 2. The van der Waals surface area contributed by atoms with Crippen molar-refractivity contribution in [1.82, 2.24) is 5.32 Å². The third-order valence-electron chi connectivity index (χ3n) is 2.91. The molecule has 0 aliphatic heterocycles. The van der Waals surface area contributed by atoms with Gasteiger partial charge in [-0.05, 0) is 13.0 Å². The summed E-state index contributed by atoms with van der Waals surface area (Å²) in [4.78, 5) is 42.5. The number of hydrogen-bond acceptors (Lipinski definition) is 7. The van der Waals surface area contributed by atoms with Gasteiger partial charge in [0.1, 0.15) is 0 Å². The molecule has 10 nitrogen and oxygen atoms in total. The molecule has 0 saturated heterocycles. The molecule has 0 bridgehead atoms. The number of nitrogens with one attached hydrogen (secondary N) is 1. The van der Waals surface area contributed by atoms with E-state index in [1.54, 1.807) is 6.92 Å². The fourth-order valence-electron chi connectivity index (χ4n) is 1.83. The molecule has 0 aromatic heterocycles. The number of rotatable bonds is 8. The van der Waals surface area contributed by atoms with Gasteiger partial charge in [0.15, 0.2) is 0 Å². The number of hydrogen-bond donors (Lipinski definition) is 2. The third kappa shape index (κ3) is 6.22. The van der Waals surface area contributed by atoms with Crippen LogP contribution < -0.4 is 5.32 Å². The molecule has 1 aromatic carbocycles. The first-order chi connectivity index (χ1) is 11.6. The van der Waals surface area contributed by atoms with Gasteiger partial charge in [-0.1, -0.05) is 6.08 Å². The van der Waals surface area contributed by atoms with Gasteiger partial charge >= 0.3 is 5.97 Å². The summed E-state index contributed by atoms with van der Waals surface area (Å²) in [7, 11) is 0. The lowest BCUT2D eigenvalue weighted by molar-refractivity contribution is -0.396. The minimum atomic E-state index is -1.10. The zero-order valence-electron chi connectivity index (χ0n) is 13.3. The standard InChI is InChI=1S/C14H15N3O7S/c1-8(11(15-9(2)18)4-6-14(19)20)25-13-5-3-10(16(21)22)7-12(13)17(23)24/h3-5,7-8H,6H2,1-2H3,(H,15,18)(H,19,20). The Morgan fingerprint density at radius 3 is 2.44 bits per heavy atom. The van der Waals surface area contributed by atoms with Crippen molar-refractivity contribution in [2.24, 2.45) is 0 Å². The quantitative estimate of drug-likeness (QED) is 0.402. The van der Waals surface area contributed by atoms with E-state index in [-0.39, 0.29) is 17.0 Å². The van der Waals surface area contributed by atoms with Gasteiger partial charge in [0.05, 0.1) is 27.2 Å². The maximum atomic E-state index is 11.3. The number of aliphatic carboxylic acids is 1.